The summed E-state index contributed by atoms with van der Waals surface area (Å²) in [6.45, 7) is 4.18. The quantitative estimate of drug-likeness (QED) is 0.888. The van der Waals surface area contributed by atoms with Crippen LogP contribution in [0, 0.1) is 6.92 Å². The van der Waals surface area contributed by atoms with Crippen LogP contribution in [-0.2, 0) is 6.42 Å². The highest BCUT2D eigenvalue weighted by Crippen LogP contribution is 2.41. The number of rotatable bonds is 2. The number of aryl methyl sites for hydroxylation is 2. The fourth-order valence-electron chi connectivity index (χ4n) is 2.74. The summed E-state index contributed by atoms with van der Waals surface area (Å²) in [5.41, 5.74) is 4.51. The second-order valence-corrected chi connectivity index (χ2v) is 5.49. The van der Waals surface area contributed by atoms with Crippen LogP contribution in [0.4, 0.5) is 0 Å². The Labute approximate surface area is 120 Å². The average molecular weight is 268 g/mol. The molecule has 0 saturated carbocycles. The van der Waals surface area contributed by atoms with Gasteiger partial charge in [0.2, 0.25) is 0 Å². The summed E-state index contributed by atoms with van der Waals surface area (Å²) in [5, 5.41) is 10.3. The van der Waals surface area contributed by atoms with Gasteiger partial charge in [0.25, 0.3) is 0 Å². The van der Waals surface area contributed by atoms with Crippen LogP contribution >= 0.6 is 0 Å². The minimum Gasteiger partial charge on any atom is -0.485 e. The highest BCUT2D eigenvalue weighted by molar-refractivity contribution is 5.41. The van der Waals surface area contributed by atoms with Crippen LogP contribution in [0.3, 0.4) is 0 Å². The Hall–Kier alpha value is -1.80. The molecule has 0 spiro atoms. The Bertz CT molecular complexity index is 601. The van der Waals surface area contributed by atoms with Gasteiger partial charge in [-0.25, -0.2) is 0 Å². The molecule has 104 valence electrons. The van der Waals surface area contributed by atoms with Gasteiger partial charge in [0.15, 0.2) is 0 Å². The van der Waals surface area contributed by atoms with Crippen LogP contribution in [0.5, 0.6) is 5.75 Å². The van der Waals surface area contributed by atoms with Crippen molar-refractivity contribution in [1.82, 2.24) is 0 Å². The van der Waals surface area contributed by atoms with E-state index in [0.717, 1.165) is 28.9 Å². The Balaban J connectivity index is 1.88. The van der Waals surface area contributed by atoms with Gasteiger partial charge in [0.1, 0.15) is 11.9 Å². The zero-order valence-electron chi connectivity index (χ0n) is 12.0. The number of aliphatic hydroxyl groups is 1. The van der Waals surface area contributed by atoms with Gasteiger partial charge in [-0.3, -0.25) is 0 Å². The normalized spacial score (nSPS) is 21.1. The predicted octanol–water partition coefficient (Wildman–Crippen LogP) is 4.11. The van der Waals surface area contributed by atoms with E-state index in [0.29, 0.717) is 6.42 Å². The van der Waals surface area contributed by atoms with E-state index in [2.05, 4.69) is 31.2 Å². The lowest BCUT2D eigenvalue weighted by atomic mass is 9.93. The molecule has 1 unspecified atom stereocenters. The van der Waals surface area contributed by atoms with Crippen molar-refractivity contribution in [3.05, 3.63) is 64.7 Å². The molecule has 0 aliphatic carbocycles. The molecule has 3 rings (SSSR count). The van der Waals surface area contributed by atoms with E-state index in [4.69, 9.17) is 4.74 Å². The predicted molar refractivity (Wildman–Crippen MR) is 79.9 cm³/mol. The fourth-order valence-corrected chi connectivity index (χ4v) is 2.74. The molecule has 2 aromatic rings. The third-order valence-corrected chi connectivity index (χ3v) is 3.99. The molecule has 2 heteroatoms. The molecule has 0 radical (unpaired) electrons. The van der Waals surface area contributed by atoms with Crippen LogP contribution in [0.25, 0.3) is 0 Å². The summed E-state index contributed by atoms with van der Waals surface area (Å²) < 4.78 is 6.06. The first-order valence-corrected chi connectivity index (χ1v) is 7.21. The van der Waals surface area contributed by atoms with Crippen molar-refractivity contribution in [2.45, 2.75) is 38.9 Å². The zero-order valence-corrected chi connectivity index (χ0v) is 12.0. The van der Waals surface area contributed by atoms with Crippen molar-refractivity contribution in [3.8, 4) is 5.75 Å². The first-order valence-electron chi connectivity index (χ1n) is 7.21. The standard InChI is InChI=1S/C18H20O2/c1-3-13-5-7-14(8-6-13)18-11-16(19)15-10-12(2)4-9-17(15)20-18/h4-10,16,18-19H,3,11H2,1-2H3/t16-,18?/m0/s1. The third kappa shape index (κ3) is 2.44. The first-order chi connectivity index (χ1) is 9.67. The number of aliphatic hydroxyl groups excluding tert-OH is 1. The number of fused-ring (bicyclic) bond motifs is 1. The van der Waals surface area contributed by atoms with Crippen molar-refractivity contribution < 1.29 is 9.84 Å². The summed E-state index contributed by atoms with van der Waals surface area (Å²) in [5.74, 6) is 0.805. The number of hydrogen-bond acceptors (Lipinski definition) is 2. The minimum absolute atomic E-state index is 0.0638. The van der Waals surface area contributed by atoms with Gasteiger partial charge in [0, 0.05) is 12.0 Å². The fraction of sp³-hybridized carbons (Fsp3) is 0.333. The highest BCUT2D eigenvalue weighted by Gasteiger charge is 2.27. The largest absolute Gasteiger partial charge is 0.485 e. The van der Waals surface area contributed by atoms with Crippen molar-refractivity contribution in [3.63, 3.8) is 0 Å². The molecular formula is C18H20O2. The van der Waals surface area contributed by atoms with E-state index in [9.17, 15) is 5.11 Å². The van der Waals surface area contributed by atoms with E-state index in [1.165, 1.54) is 5.56 Å². The van der Waals surface area contributed by atoms with Crippen LogP contribution in [0.1, 0.15) is 47.8 Å². The number of benzene rings is 2. The Morgan fingerprint density at radius 2 is 1.90 bits per heavy atom. The molecule has 0 fully saturated rings. The highest BCUT2D eigenvalue weighted by atomic mass is 16.5. The zero-order chi connectivity index (χ0) is 14.1. The van der Waals surface area contributed by atoms with Crippen LogP contribution in [-0.4, -0.2) is 5.11 Å². The van der Waals surface area contributed by atoms with Gasteiger partial charge in [-0.1, -0.05) is 42.8 Å². The summed E-state index contributed by atoms with van der Waals surface area (Å²) >= 11 is 0. The summed E-state index contributed by atoms with van der Waals surface area (Å²) in [4.78, 5) is 0. The smallest absolute Gasteiger partial charge is 0.127 e. The molecule has 1 N–H and O–H groups in total. The van der Waals surface area contributed by atoms with Crippen molar-refractivity contribution >= 4 is 0 Å². The van der Waals surface area contributed by atoms with E-state index in [-0.39, 0.29) is 6.10 Å². The van der Waals surface area contributed by atoms with Crippen LogP contribution < -0.4 is 4.74 Å². The second-order valence-electron chi connectivity index (χ2n) is 5.49. The maximum Gasteiger partial charge on any atom is 0.127 e. The molecule has 1 aliphatic heterocycles. The van der Waals surface area contributed by atoms with Gasteiger partial charge in [-0.15, -0.1) is 0 Å². The molecule has 2 nitrogen and oxygen atoms in total. The Kier molecular flexibility index (Phi) is 3.49. The summed E-state index contributed by atoms with van der Waals surface area (Å²) in [6, 6.07) is 14.5. The van der Waals surface area contributed by atoms with E-state index in [1.807, 2.05) is 25.1 Å². The van der Waals surface area contributed by atoms with E-state index < -0.39 is 6.10 Å². The Morgan fingerprint density at radius 3 is 2.60 bits per heavy atom. The molecule has 2 aromatic carbocycles. The monoisotopic (exact) mass is 268 g/mol. The number of hydrogen-bond donors (Lipinski definition) is 1. The van der Waals surface area contributed by atoms with Crippen molar-refractivity contribution in [2.75, 3.05) is 0 Å². The van der Waals surface area contributed by atoms with Crippen molar-refractivity contribution in [2.24, 2.45) is 0 Å². The molecule has 0 amide bonds. The maximum absolute atomic E-state index is 10.3. The molecule has 0 saturated heterocycles. The second kappa shape index (κ2) is 5.29. The van der Waals surface area contributed by atoms with Gasteiger partial charge < -0.3 is 9.84 Å². The van der Waals surface area contributed by atoms with Crippen LogP contribution in [0.2, 0.25) is 0 Å². The van der Waals surface area contributed by atoms with Gasteiger partial charge in [0.05, 0.1) is 6.10 Å². The van der Waals surface area contributed by atoms with Crippen molar-refractivity contribution in [1.29, 1.82) is 0 Å². The van der Waals surface area contributed by atoms with E-state index in [1.54, 1.807) is 0 Å². The summed E-state index contributed by atoms with van der Waals surface area (Å²) in [6.07, 6.45) is 1.14. The Morgan fingerprint density at radius 1 is 1.15 bits per heavy atom. The summed E-state index contributed by atoms with van der Waals surface area (Å²) in [7, 11) is 0. The molecule has 1 aliphatic rings. The SMILES string of the molecule is CCc1ccc(C2C[C@H](O)c3cc(C)ccc3O2)cc1. The molecular weight excluding hydrogens is 248 g/mol. The minimum atomic E-state index is -0.450. The molecule has 2 atom stereocenters. The molecule has 20 heavy (non-hydrogen) atoms. The van der Waals surface area contributed by atoms with Gasteiger partial charge in [-0.2, -0.15) is 0 Å². The van der Waals surface area contributed by atoms with E-state index >= 15 is 0 Å². The average Bonchev–Trinajstić information content (AvgIpc) is 2.48. The third-order valence-electron chi connectivity index (χ3n) is 3.99. The van der Waals surface area contributed by atoms with Gasteiger partial charge in [-0.05, 0) is 36.6 Å². The maximum atomic E-state index is 10.3. The topological polar surface area (TPSA) is 29.5 Å². The molecule has 0 aromatic heterocycles. The molecule has 0 bridgehead atoms. The first kappa shape index (κ1) is 13.2. The van der Waals surface area contributed by atoms with Gasteiger partial charge >= 0.3 is 0 Å². The molecule has 1 heterocycles. The lowest BCUT2D eigenvalue weighted by Crippen LogP contribution is -2.19. The lowest BCUT2D eigenvalue weighted by molar-refractivity contribution is 0.0657. The van der Waals surface area contributed by atoms with Crippen LogP contribution in [0.15, 0.2) is 42.5 Å². The lowest BCUT2D eigenvalue weighted by Gasteiger charge is -2.30. The number of ether oxygens (including phenoxy) is 1.